The molecule has 15 heteroatoms. The summed E-state index contributed by atoms with van der Waals surface area (Å²) in [5.74, 6) is 0.356. The smallest absolute Gasteiger partial charge is 0.408 e. The van der Waals surface area contributed by atoms with Gasteiger partial charge in [0.1, 0.15) is 11.6 Å². The van der Waals surface area contributed by atoms with Gasteiger partial charge < -0.3 is 45.4 Å². The molecular formula is C48H62N10O5. The van der Waals surface area contributed by atoms with Crippen molar-refractivity contribution in [1.82, 2.24) is 35.0 Å². The molecule has 4 aliphatic rings. The Morgan fingerprint density at radius 2 is 1.84 bits per heavy atom. The number of aryl methyl sites for hydroxylation is 2. The highest BCUT2D eigenvalue weighted by Crippen LogP contribution is 2.53. The van der Waals surface area contributed by atoms with Crippen LogP contribution in [0.4, 0.5) is 16.4 Å². The molecule has 3 amide bonds. The summed E-state index contributed by atoms with van der Waals surface area (Å²) in [6, 6.07) is 11.1. The number of imidazole rings is 1. The molecule has 2 aromatic carbocycles. The highest BCUT2D eigenvalue weighted by atomic mass is 16.6. The van der Waals surface area contributed by atoms with E-state index in [0.717, 1.165) is 77.7 Å². The van der Waals surface area contributed by atoms with E-state index in [0.29, 0.717) is 75.6 Å². The fraction of sp³-hybridized carbons (Fsp3) is 0.542. The predicted molar refractivity (Wildman–Crippen MR) is 241 cm³/mol. The minimum absolute atomic E-state index is 0.00885. The number of aromatic nitrogens is 3. The second kappa shape index (κ2) is 17.0. The normalized spacial score (nSPS) is 19.4. The van der Waals surface area contributed by atoms with Crippen LogP contribution in [0.25, 0.3) is 10.9 Å². The zero-order chi connectivity index (χ0) is 44.8. The van der Waals surface area contributed by atoms with Gasteiger partial charge in [0.15, 0.2) is 11.7 Å². The minimum Gasteiger partial charge on any atom is -0.444 e. The van der Waals surface area contributed by atoms with Gasteiger partial charge in [-0.3, -0.25) is 14.4 Å². The molecule has 2 aliphatic heterocycles. The first-order valence-electron chi connectivity index (χ1n) is 22.6. The summed E-state index contributed by atoms with van der Waals surface area (Å²) in [6.45, 7) is 17.4. The van der Waals surface area contributed by atoms with E-state index in [1.165, 1.54) is 0 Å². The number of alkyl carbamates (subject to hydrolysis) is 1. The Hall–Kier alpha value is -5.88. The Morgan fingerprint density at radius 3 is 2.51 bits per heavy atom. The number of carbonyl (C=O) groups is 4. The molecule has 0 radical (unpaired) electrons. The molecule has 63 heavy (non-hydrogen) atoms. The number of fused-ring (bicyclic) bond motifs is 4. The summed E-state index contributed by atoms with van der Waals surface area (Å²) >= 11 is 0. The molecule has 15 nitrogen and oxygen atoms in total. The number of nitriles is 1. The lowest BCUT2D eigenvalue weighted by atomic mass is 9.70. The van der Waals surface area contributed by atoms with Crippen LogP contribution in [0.3, 0.4) is 0 Å². The summed E-state index contributed by atoms with van der Waals surface area (Å²) in [7, 11) is 0. The first kappa shape index (κ1) is 43.8. The Kier molecular flexibility index (Phi) is 11.8. The molecule has 2 saturated heterocycles. The predicted octanol–water partition coefficient (Wildman–Crippen LogP) is 5.63. The van der Waals surface area contributed by atoms with E-state index in [2.05, 4.69) is 69.4 Å². The van der Waals surface area contributed by atoms with Crippen LogP contribution >= 0.6 is 0 Å². The number of piperazine rings is 1. The second-order valence-electron chi connectivity index (χ2n) is 19.5. The number of nitrogens with one attached hydrogen (secondary N) is 3. The quantitative estimate of drug-likeness (QED) is 0.131. The van der Waals surface area contributed by atoms with Gasteiger partial charge in [0.2, 0.25) is 11.8 Å². The monoisotopic (exact) mass is 858 g/mol. The summed E-state index contributed by atoms with van der Waals surface area (Å²) in [5.41, 5.74) is 11.7. The zero-order valence-electron chi connectivity index (χ0n) is 37.6. The van der Waals surface area contributed by atoms with Crippen molar-refractivity contribution in [2.45, 2.75) is 116 Å². The lowest BCUT2D eigenvalue weighted by molar-refractivity contribution is -0.131. The standard InChI is InChI=1S/C48H62N10O5/c1-7-31-25-33-34(47(5,6)42-40(41(33)60)32-13-12-30(27-49)24-36(32)52-42)26-37(31)56-20-22-57(23-21-56)39(59)11-9-17-55-28-38(48(29-55)14-15-48)54-43(61)35(53-45(62)63-46(2,3)4)10-8-18-58-19-16-51-44(58)50/h12-13,16,19,24-26,35,38,52H,7-11,14-15,17-18,20-23,28-29H2,1-6H3,(H2,50,51)(H,53,62)(H,54,61)/t35-,38-/m0/s1. The summed E-state index contributed by atoms with van der Waals surface area (Å²) in [6.07, 6.45) is 7.86. The number of hydrogen-bond donors (Lipinski definition) is 4. The van der Waals surface area contributed by atoms with Crippen molar-refractivity contribution in [3.63, 3.8) is 0 Å². The number of nitrogen functional groups attached to an aromatic ring is 1. The van der Waals surface area contributed by atoms with Crippen molar-refractivity contribution >= 4 is 46.2 Å². The maximum Gasteiger partial charge on any atom is 0.408 e. The highest BCUT2D eigenvalue weighted by molar-refractivity contribution is 6.20. The molecule has 2 aromatic heterocycles. The molecule has 2 aliphatic carbocycles. The molecule has 1 spiro atoms. The number of hydrogen-bond acceptors (Lipinski definition) is 10. The molecule has 0 unspecified atom stereocenters. The van der Waals surface area contributed by atoms with Crippen LogP contribution in [0.2, 0.25) is 0 Å². The van der Waals surface area contributed by atoms with Crippen LogP contribution in [0.5, 0.6) is 0 Å². The lowest BCUT2D eigenvalue weighted by Crippen LogP contribution is -2.52. The van der Waals surface area contributed by atoms with E-state index in [-0.39, 0.29) is 29.1 Å². The third-order valence-electron chi connectivity index (χ3n) is 13.7. The van der Waals surface area contributed by atoms with Crippen molar-refractivity contribution in [2.24, 2.45) is 5.41 Å². The fourth-order valence-electron chi connectivity index (χ4n) is 10.1. The van der Waals surface area contributed by atoms with E-state index in [4.69, 9.17) is 10.5 Å². The Morgan fingerprint density at radius 1 is 1.08 bits per heavy atom. The molecule has 4 aromatic rings. The van der Waals surface area contributed by atoms with Gasteiger partial charge >= 0.3 is 6.09 Å². The van der Waals surface area contributed by atoms with Gasteiger partial charge in [-0.25, -0.2) is 9.78 Å². The molecule has 5 N–H and O–H groups in total. The third-order valence-corrected chi connectivity index (χ3v) is 13.7. The van der Waals surface area contributed by atoms with Crippen molar-refractivity contribution in [3.8, 4) is 6.07 Å². The number of anilines is 2. The van der Waals surface area contributed by atoms with Gasteiger partial charge in [0.25, 0.3) is 0 Å². The number of benzene rings is 2. The topological polar surface area (TPSA) is 195 Å². The Balaban J connectivity index is 0.844. The highest BCUT2D eigenvalue weighted by Gasteiger charge is 2.55. The van der Waals surface area contributed by atoms with E-state index in [1.54, 1.807) is 39.2 Å². The average molecular weight is 859 g/mol. The van der Waals surface area contributed by atoms with Gasteiger partial charge in [0, 0.05) is 109 Å². The first-order chi connectivity index (χ1) is 30.0. The fourth-order valence-corrected chi connectivity index (χ4v) is 10.1. The van der Waals surface area contributed by atoms with Crippen LogP contribution in [0.1, 0.15) is 118 Å². The molecule has 4 heterocycles. The van der Waals surface area contributed by atoms with Gasteiger partial charge in [-0.2, -0.15) is 5.26 Å². The van der Waals surface area contributed by atoms with Crippen LogP contribution in [-0.4, -0.2) is 112 Å². The number of rotatable bonds is 13. The number of nitrogens with zero attached hydrogens (tertiary/aromatic N) is 6. The van der Waals surface area contributed by atoms with Crippen LogP contribution in [0, 0.1) is 16.7 Å². The van der Waals surface area contributed by atoms with Gasteiger partial charge in [0.05, 0.1) is 17.2 Å². The second-order valence-corrected chi connectivity index (χ2v) is 19.5. The molecule has 8 rings (SSSR count). The summed E-state index contributed by atoms with van der Waals surface area (Å²) in [5, 5.41) is 16.4. The minimum atomic E-state index is -0.765. The summed E-state index contributed by atoms with van der Waals surface area (Å²) in [4.78, 5) is 68.6. The molecule has 334 valence electrons. The maximum absolute atomic E-state index is 14.1. The van der Waals surface area contributed by atoms with E-state index < -0.39 is 23.2 Å². The van der Waals surface area contributed by atoms with Crippen LogP contribution in [0.15, 0.2) is 42.7 Å². The Bertz CT molecular complexity index is 2460. The zero-order valence-corrected chi connectivity index (χ0v) is 37.6. The molecule has 1 saturated carbocycles. The van der Waals surface area contributed by atoms with E-state index >= 15 is 0 Å². The van der Waals surface area contributed by atoms with Gasteiger partial charge in [-0.1, -0.05) is 26.8 Å². The number of aromatic amines is 1. The van der Waals surface area contributed by atoms with Crippen molar-refractivity contribution in [3.05, 3.63) is 76.2 Å². The molecule has 3 fully saturated rings. The Labute approximate surface area is 369 Å². The maximum atomic E-state index is 14.1. The number of nitrogens with two attached hydrogens (primary N) is 1. The van der Waals surface area contributed by atoms with Gasteiger partial charge in [-0.05, 0) is 101 Å². The molecule has 0 bridgehead atoms. The number of ketones is 1. The van der Waals surface area contributed by atoms with Crippen LogP contribution < -0.4 is 21.3 Å². The lowest BCUT2D eigenvalue weighted by Gasteiger charge is -2.39. The average Bonchev–Trinajstić information content (AvgIpc) is 3.55. The largest absolute Gasteiger partial charge is 0.444 e. The van der Waals surface area contributed by atoms with E-state index in [9.17, 15) is 24.4 Å². The van der Waals surface area contributed by atoms with Crippen molar-refractivity contribution in [2.75, 3.05) is 56.4 Å². The molecule has 2 atom stereocenters. The number of likely N-dealkylation sites (tertiary alicyclic amines) is 1. The van der Waals surface area contributed by atoms with Crippen molar-refractivity contribution < 1.29 is 23.9 Å². The number of amides is 3. The number of H-pyrrole nitrogens is 1. The van der Waals surface area contributed by atoms with Crippen molar-refractivity contribution in [1.29, 1.82) is 5.26 Å². The van der Waals surface area contributed by atoms with E-state index in [1.807, 2.05) is 21.6 Å². The van der Waals surface area contributed by atoms with Crippen LogP contribution in [-0.2, 0) is 32.7 Å². The number of carbonyl (C=O) groups excluding carboxylic acids is 4. The molecular weight excluding hydrogens is 797 g/mol. The SMILES string of the molecule is CCc1cc2c(cc1N1CCN(C(=O)CCCN3C[C@H](NC(=O)[C@H](CCCn4ccnc4N)NC(=O)OC(C)(C)C)C4(CC4)C3)CC1)C(C)(C)c1[nH]c3cc(C#N)ccc3c1C2=O. The van der Waals surface area contributed by atoms with Gasteiger partial charge in [-0.15, -0.1) is 0 Å². The summed E-state index contributed by atoms with van der Waals surface area (Å²) < 4.78 is 7.32. The third kappa shape index (κ3) is 8.87. The first-order valence-corrected chi connectivity index (χ1v) is 22.6. The number of ether oxygens (including phenoxy) is 1.